The van der Waals surface area contributed by atoms with Crippen molar-refractivity contribution in [3.8, 4) is 0 Å². The van der Waals surface area contributed by atoms with Gasteiger partial charge < -0.3 is 9.47 Å². The van der Waals surface area contributed by atoms with E-state index in [1.807, 2.05) is 13.8 Å². The molecule has 0 spiro atoms. The summed E-state index contributed by atoms with van der Waals surface area (Å²) in [6.07, 6.45) is 9.51. The SMILES string of the molecule is CCOC(=O)C(C)(CCCOC1CCCC1)NC1CC1. The molecule has 0 saturated heterocycles. The molecule has 0 aromatic carbocycles. The van der Waals surface area contributed by atoms with Crippen LogP contribution in [0.15, 0.2) is 0 Å². The van der Waals surface area contributed by atoms with Crippen molar-refractivity contribution >= 4 is 5.97 Å². The van der Waals surface area contributed by atoms with Crippen LogP contribution in [-0.2, 0) is 14.3 Å². The van der Waals surface area contributed by atoms with E-state index >= 15 is 0 Å². The Morgan fingerprint density at radius 1 is 1.25 bits per heavy atom. The molecule has 0 aliphatic heterocycles. The maximum Gasteiger partial charge on any atom is 0.326 e. The molecular formula is C16H29NO3. The minimum absolute atomic E-state index is 0.118. The van der Waals surface area contributed by atoms with E-state index in [4.69, 9.17) is 9.47 Å². The second kappa shape index (κ2) is 7.41. The molecule has 1 N–H and O–H groups in total. The van der Waals surface area contributed by atoms with Gasteiger partial charge in [-0.1, -0.05) is 12.8 Å². The van der Waals surface area contributed by atoms with Crippen molar-refractivity contribution in [3.63, 3.8) is 0 Å². The topological polar surface area (TPSA) is 47.6 Å². The minimum atomic E-state index is -0.545. The van der Waals surface area contributed by atoms with Gasteiger partial charge in [0.05, 0.1) is 12.7 Å². The predicted octanol–water partition coefficient (Wildman–Crippen LogP) is 2.80. The summed E-state index contributed by atoms with van der Waals surface area (Å²) in [5, 5.41) is 3.45. The van der Waals surface area contributed by atoms with Gasteiger partial charge in [0.15, 0.2) is 0 Å². The highest BCUT2D eigenvalue weighted by Gasteiger charge is 2.39. The summed E-state index contributed by atoms with van der Waals surface area (Å²) in [6.45, 7) is 5.03. The number of carbonyl (C=O) groups excluding carboxylic acids is 1. The van der Waals surface area contributed by atoms with Crippen molar-refractivity contribution in [1.82, 2.24) is 5.32 Å². The molecule has 2 aliphatic carbocycles. The fourth-order valence-corrected chi connectivity index (χ4v) is 2.93. The summed E-state index contributed by atoms with van der Waals surface area (Å²) >= 11 is 0. The lowest BCUT2D eigenvalue weighted by Gasteiger charge is -2.29. The third kappa shape index (κ3) is 4.74. The van der Waals surface area contributed by atoms with Crippen LogP contribution in [0.4, 0.5) is 0 Å². The van der Waals surface area contributed by atoms with Crippen molar-refractivity contribution in [2.75, 3.05) is 13.2 Å². The van der Waals surface area contributed by atoms with E-state index in [-0.39, 0.29) is 5.97 Å². The van der Waals surface area contributed by atoms with Crippen LogP contribution in [0.3, 0.4) is 0 Å². The first kappa shape index (κ1) is 15.8. The Balaban J connectivity index is 1.72. The highest BCUT2D eigenvalue weighted by atomic mass is 16.5. The van der Waals surface area contributed by atoms with Crippen LogP contribution < -0.4 is 5.32 Å². The van der Waals surface area contributed by atoms with Gasteiger partial charge in [-0.05, 0) is 52.4 Å². The molecule has 4 nitrogen and oxygen atoms in total. The molecule has 0 bridgehead atoms. The molecule has 0 radical (unpaired) electrons. The Kier molecular flexibility index (Phi) is 5.85. The lowest BCUT2D eigenvalue weighted by Crippen LogP contribution is -2.51. The largest absolute Gasteiger partial charge is 0.465 e. The summed E-state index contributed by atoms with van der Waals surface area (Å²) in [5.41, 5.74) is -0.545. The quantitative estimate of drug-likeness (QED) is 0.522. The third-order valence-corrected chi connectivity index (χ3v) is 4.30. The average molecular weight is 283 g/mol. The normalized spacial score (nSPS) is 22.7. The van der Waals surface area contributed by atoms with Gasteiger partial charge in [0.2, 0.25) is 0 Å². The van der Waals surface area contributed by atoms with Gasteiger partial charge in [-0.25, -0.2) is 0 Å². The molecule has 2 rings (SSSR count). The van der Waals surface area contributed by atoms with Crippen LogP contribution in [0.1, 0.15) is 65.2 Å². The number of rotatable bonds is 9. The second-order valence-electron chi connectivity index (χ2n) is 6.35. The Labute approximate surface area is 122 Å². The molecule has 0 aromatic rings. The molecule has 2 saturated carbocycles. The molecule has 116 valence electrons. The van der Waals surface area contributed by atoms with Gasteiger partial charge in [-0.3, -0.25) is 10.1 Å². The number of carbonyl (C=O) groups is 1. The lowest BCUT2D eigenvalue weighted by atomic mass is 9.95. The van der Waals surface area contributed by atoms with Crippen molar-refractivity contribution in [3.05, 3.63) is 0 Å². The van der Waals surface area contributed by atoms with Crippen molar-refractivity contribution in [2.45, 2.75) is 82.9 Å². The van der Waals surface area contributed by atoms with Crippen LogP contribution >= 0.6 is 0 Å². The molecule has 4 heteroatoms. The fourth-order valence-electron chi connectivity index (χ4n) is 2.93. The van der Waals surface area contributed by atoms with Gasteiger partial charge in [0.1, 0.15) is 5.54 Å². The van der Waals surface area contributed by atoms with Gasteiger partial charge in [0, 0.05) is 12.6 Å². The Morgan fingerprint density at radius 2 is 1.95 bits per heavy atom. The highest BCUT2D eigenvalue weighted by Crippen LogP contribution is 2.26. The zero-order valence-corrected chi connectivity index (χ0v) is 13.0. The molecule has 20 heavy (non-hydrogen) atoms. The van der Waals surface area contributed by atoms with Crippen LogP contribution in [-0.4, -0.2) is 36.9 Å². The molecule has 1 atom stereocenters. The van der Waals surface area contributed by atoms with Crippen molar-refractivity contribution < 1.29 is 14.3 Å². The zero-order chi connectivity index (χ0) is 14.4. The molecule has 0 aromatic heterocycles. The third-order valence-electron chi connectivity index (χ3n) is 4.30. The van der Waals surface area contributed by atoms with Gasteiger partial charge in [-0.2, -0.15) is 0 Å². The molecule has 0 amide bonds. The summed E-state index contributed by atoms with van der Waals surface area (Å²) in [5.74, 6) is -0.118. The second-order valence-corrected chi connectivity index (χ2v) is 6.35. The van der Waals surface area contributed by atoms with Crippen LogP contribution in [0.2, 0.25) is 0 Å². The first-order valence-corrected chi connectivity index (χ1v) is 8.20. The number of esters is 1. The summed E-state index contributed by atoms with van der Waals surface area (Å²) in [7, 11) is 0. The van der Waals surface area contributed by atoms with Crippen molar-refractivity contribution in [1.29, 1.82) is 0 Å². The summed E-state index contributed by atoms with van der Waals surface area (Å²) < 4.78 is 11.1. The van der Waals surface area contributed by atoms with E-state index in [1.165, 1.54) is 38.5 Å². The van der Waals surface area contributed by atoms with Crippen molar-refractivity contribution in [2.24, 2.45) is 0 Å². The molecule has 2 aliphatic rings. The zero-order valence-electron chi connectivity index (χ0n) is 13.0. The highest BCUT2D eigenvalue weighted by molar-refractivity contribution is 5.80. The van der Waals surface area contributed by atoms with E-state index < -0.39 is 5.54 Å². The average Bonchev–Trinajstić information content (AvgIpc) is 3.07. The number of hydrogen-bond donors (Lipinski definition) is 1. The van der Waals surface area contributed by atoms with Crippen LogP contribution in [0.25, 0.3) is 0 Å². The molecular weight excluding hydrogens is 254 g/mol. The number of ether oxygens (including phenoxy) is 2. The summed E-state index contributed by atoms with van der Waals surface area (Å²) in [4.78, 5) is 12.2. The number of hydrogen-bond acceptors (Lipinski definition) is 4. The van der Waals surface area contributed by atoms with E-state index in [1.54, 1.807) is 0 Å². The molecule has 0 heterocycles. The van der Waals surface area contributed by atoms with E-state index in [0.29, 0.717) is 18.8 Å². The molecule has 2 fully saturated rings. The van der Waals surface area contributed by atoms with Crippen LogP contribution in [0.5, 0.6) is 0 Å². The summed E-state index contributed by atoms with van der Waals surface area (Å²) in [6, 6.07) is 0.500. The first-order chi connectivity index (χ1) is 9.64. The molecule has 1 unspecified atom stereocenters. The van der Waals surface area contributed by atoms with E-state index in [9.17, 15) is 4.79 Å². The smallest absolute Gasteiger partial charge is 0.326 e. The Hall–Kier alpha value is -0.610. The monoisotopic (exact) mass is 283 g/mol. The van der Waals surface area contributed by atoms with Gasteiger partial charge in [-0.15, -0.1) is 0 Å². The maximum atomic E-state index is 12.2. The minimum Gasteiger partial charge on any atom is -0.465 e. The fraction of sp³-hybridized carbons (Fsp3) is 0.938. The number of nitrogens with one attached hydrogen (secondary N) is 1. The first-order valence-electron chi connectivity index (χ1n) is 8.20. The standard InChI is InChI=1S/C16H29NO3/c1-3-19-15(18)16(2,17-13-9-10-13)11-6-12-20-14-7-4-5-8-14/h13-14,17H,3-12H2,1-2H3. The van der Waals surface area contributed by atoms with Crippen LogP contribution in [0, 0.1) is 0 Å². The Morgan fingerprint density at radius 3 is 2.55 bits per heavy atom. The van der Waals surface area contributed by atoms with E-state index in [2.05, 4.69) is 5.32 Å². The van der Waals surface area contributed by atoms with E-state index in [0.717, 1.165) is 19.4 Å². The van der Waals surface area contributed by atoms with Gasteiger partial charge >= 0.3 is 5.97 Å². The van der Waals surface area contributed by atoms with Gasteiger partial charge in [0.25, 0.3) is 0 Å². The maximum absolute atomic E-state index is 12.2. The Bertz CT molecular complexity index is 311. The lowest BCUT2D eigenvalue weighted by molar-refractivity contribution is -0.151. The predicted molar refractivity (Wildman–Crippen MR) is 78.6 cm³/mol.